The Labute approximate surface area is 67.4 Å². The van der Waals surface area contributed by atoms with Gasteiger partial charge in [-0.15, -0.1) is 0 Å². The number of rotatable bonds is 4. The molecule has 1 unspecified atom stereocenters. The van der Waals surface area contributed by atoms with Crippen LogP contribution >= 0.6 is 0 Å². The minimum atomic E-state index is -4.60. The molecular weight excluding hydrogens is 175 g/mol. The van der Waals surface area contributed by atoms with Crippen LogP contribution in [-0.2, 0) is 4.79 Å². The summed E-state index contributed by atoms with van der Waals surface area (Å²) in [4.78, 5) is 10.1. The molecule has 3 N–H and O–H groups in total. The van der Waals surface area contributed by atoms with E-state index in [2.05, 4.69) is 5.73 Å². The summed E-state index contributed by atoms with van der Waals surface area (Å²) in [6.45, 7) is 0. The van der Waals surface area contributed by atoms with Crippen LogP contribution in [0.4, 0.5) is 13.2 Å². The van der Waals surface area contributed by atoms with Crippen molar-refractivity contribution in [2.75, 3.05) is 0 Å². The third kappa shape index (κ3) is 4.95. The second-order valence-electron chi connectivity index (χ2n) is 2.42. The van der Waals surface area contributed by atoms with Gasteiger partial charge in [0.1, 0.15) is 6.10 Å². The first-order chi connectivity index (χ1) is 5.34. The van der Waals surface area contributed by atoms with Crippen molar-refractivity contribution in [2.45, 2.75) is 31.5 Å². The lowest BCUT2D eigenvalue weighted by Crippen LogP contribution is -2.28. The summed E-state index contributed by atoms with van der Waals surface area (Å²) in [5, 5.41) is 8.42. The molecule has 0 bridgehead atoms. The molecule has 12 heavy (non-hydrogen) atoms. The molecule has 3 nitrogen and oxygen atoms in total. The van der Waals surface area contributed by atoms with Crippen LogP contribution in [0.1, 0.15) is 19.3 Å². The lowest BCUT2D eigenvalue weighted by Gasteiger charge is -2.13. The first-order valence-corrected chi connectivity index (χ1v) is 3.37. The summed E-state index contributed by atoms with van der Waals surface area (Å²) < 4.78 is 34.8. The second-order valence-corrected chi connectivity index (χ2v) is 2.42. The van der Waals surface area contributed by atoms with Crippen LogP contribution in [0.2, 0.25) is 0 Å². The van der Waals surface area contributed by atoms with Crippen LogP contribution in [-0.4, -0.2) is 23.3 Å². The van der Waals surface area contributed by atoms with Crippen LogP contribution < -0.4 is 5.73 Å². The zero-order chi connectivity index (χ0) is 9.78. The Bertz CT molecular complexity index is 157. The van der Waals surface area contributed by atoms with Gasteiger partial charge in [-0.2, -0.15) is 13.2 Å². The molecule has 72 valence electrons. The molecule has 0 saturated carbocycles. The molecule has 0 radical (unpaired) electrons. The average molecular weight is 185 g/mol. The average Bonchev–Trinajstić information content (AvgIpc) is 1.84. The summed E-state index contributed by atoms with van der Waals surface area (Å²) in [7, 11) is 0. The van der Waals surface area contributed by atoms with Crippen LogP contribution in [0.15, 0.2) is 0 Å². The molecule has 0 aromatic heterocycles. The first kappa shape index (κ1) is 11.2. The fourth-order valence-electron chi connectivity index (χ4n) is 0.633. The van der Waals surface area contributed by atoms with E-state index in [1.165, 1.54) is 0 Å². The molecule has 0 saturated heterocycles. The van der Waals surface area contributed by atoms with Crippen molar-refractivity contribution < 1.29 is 23.1 Å². The molecule has 6 heteroatoms. The topological polar surface area (TPSA) is 63.3 Å². The van der Waals surface area contributed by atoms with Gasteiger partial charge in [0.2, 0.25) is 5.91 Å². The van der Waals surface area contributed by atoms with Gasteiger partial charge in [-0.25, -0.2) is 0 Å². The number of halogens is 3. The largest absolute Gasteiger partial charge is 0.414 e. The van der Waals surface area contributed by atoms with E-state index in [0.717, 1.165) is 0 Å². The van der Waals surface area contributed by atoms with Crippen LogP contribution in [0.3, 0.4) is 0 Å². The highest BCUT2D eigenvalue weighted by molar-refractivity contribution is 5.73. The van der Waals surface area contributed by atoms with E-state index in [-0.39, 0.29) is 12.8 Å². The van der Waals surface area contributed by atoms with Gasteiger partial charge in [-0.1, -0.05) is 0 Å². The number of primary amides is 1. The highest BCUT2D eigenvalue weighted by Crippen LogP contribution is 2.23. The molecule has 0 fully saturated rings. The smallest absolute Gasteiger partial charge is 0.384 e. The monoisotopic (exact) mass is 185 g/mol. The number of hydrogen-bond acceptors (Lipinski definition) is 2. The van der Waals surface area contributed by atoms with Crippen molar-refractivity contribution in [1.82, 2.24) is 0 Å². The Morgan fingerprint density at radius 2 is 2.00 bits per heavy atom. The maximum Gasteiger partial charge on any atom is 0.414 e. The van der Waals surface area contributed by atoms with Crippen molar-refractivity contribution in [3.8, 4) is 0 Å². The lowest BCUT2D eigenvalue weighted by atomic mass is 10.1. The molecule has 0 aliphatic heterocycles. The third-order valence-corrected chi connectivity index (χ3v) is 1.28. The van der Waals surface area contributed by atoms with Gasteiger partial charge in [-0.3, -0.25) is 4.79 Å². The standard InChI is InChI=1S/C6H10F3NO2/c7-6(8,9)4(11)2-1-3-5(10)12/h4,11H,1-3H2,(H2,10,12). The highest BCUT2D eigenvalue weighted by atomic mass is 19.4. The van der Waals surface area contributed by atoms with Crippen molar-refractivity contribution in [3.63, 3.8) is 0 Å². The highest BCUT2D eigenvalue weighted by Gasteiger charge is 2.37. The van der Waals surface area contributed by atoms with E-state index in [0.29, 0.717) is 0 Å². The van der Waals surface area contributed by atoms with Gasteiger partial charge in [-0.05, 0) is 12.8 Å². The molecule has 0 spiro atoms. The SMILES string of the molecule is NC(=O)CCCC(O)C(F)(F)F. The Kier molecular flexibility index (Phi) is 4.02. The quantitative estimate of drug-likeness (QED) is 0.672. The van der Waals surface area contributed by atoms with E-state index >= 15 is 0 Å². The first-order valence-electron chi connectivity index (χ1n) is 3.37. The van der Waals surface area contributed by atoms with Crippen molar-refractivity contribution in [2.24, 2.45) is 5.73 Å². The van der Waals surface area contributed by atoms with E-state index in [4.69, 9.17) is 5.11 Å². The Hall–Kier alpha value is -0.780. The number of alkyl halides is 3. The number of nitrogens with two attached hydrogens (primary N) is 1. The normalized spacial score (nSPS) is 14.3. The van der Waals surface area contributed by atoms with Crippen LogP contribution in [0.5, 0.6) is 0 Å². The Balaban J connectivity index is 3.58. The molecule has 0 aliphatic carbocycles. The summed E-state index contributed by atoms with van der Waals surface area (Å²) in [6, 6.07) is 0. The van der Waals surface area contributed by atoms with Crippen LogP contribution in [0.25, 0.3) is 0 Å². The van der Waals surface area contributed by atoms with Crippen molar-refractivity contribution >= 4 is 5.91 Å². The van der Waals surface area contributed by atoms with E-state index in [1.54, 1.807) is 0 Å². The molecule has 0 heterocycles. The number of aliphatic hydroxyl groups is 1. The Morgan fingerprint density at radius 3 is 2.33 bits per heavy atom. The minimum Gasteiger partial charge on any atom is -0.384 e. The summed E-state index contributed by atoms with van der Waals surface area (Å²) >= 11 is 0. The fraction of sp³-hybridized carbons (Fsp3) is 0.833. The molecular formula is C6H10F3NO2. The summed E-state index contributed by atoms with van der Waals surface area (Å²) in [5.41, 5.74) is 4.69. The zero-order valence-corrected chi connectivity index (χ0v) is 6.27. The number of carbonyl (C=O) groups excluding carboxylic acids is 1. The molecule has 0 aromatic rings. The molecule has 0 rings (SSSR count). The third-order valence-electron chi connectivity index (χ3n) is 1.28. The Morgan fingerprint density at radius 1 is 1.50 bits per heavy atom. The van der Waals surface area contributed by atoms with Gasteiger partial charge in [0.25, 0.3) is 0 Å². The number of aliphatic hydroxyl groups excluding tert-OH is 1. The molecule has 0 aliphatic rings. The summed E-state index contributed by atoms with van der Waals surface area (Å²) in [6.07, 6.45) is -7.61. The van der Waals surface area contributed by atoms with E-state index in [9.17, 15) is 18.0 Å². The maximum atomic E-state index is 11.6. The predicted molar refractivity (Wildman–Crippen MR) is 35.1 cm³/mol. The van der Waals surface area contributed by atoms with Gasteiger partial charge in [0.05, 0.1) is 0 Å². The van der Waals surface area contributed by atoms with Gasteiger partial charge in [0, 0.05) is 6.42 Å². The maximum absolute atomic E-state index is 11.6. The van der Waals surface area contributed by atoms with Gasteiger partial charge >= 0.3 is 6.18 Å². The fourth-order valence-corrected chi connectivity index (χ4v) is 0.633. The summed E-state index contributed by atoms with van der Waals surface area (Å²) in [5.74, 6) is -0.663. The number of amides is 1. The molecule has 0 aromatic carbocycles. The zero-order valence-electron chi connectivity index (χ0n) is 6.27. The molecule has 1 amide bonds. The van der Waals surface area contributed by atoms with Crippen LogP contribution in [0, 0.1) is 0 Å². The minimum absolute atomic E-state index is 0.0456. The number of carbonyl (C=O) groups is 1. The van der Waals surface area contributed by atoms with E-state index in [1.807, 2.05) is 0 Å². The lowest BCUT2D eigenvalue weighted by molar-refractivity contribution is -0.205. The van der Waals surface area contributed by atoms with Gasteiger partial charge < -0.3 is 10.8 Å². The van der Waals surface area contributed by atoms with Gasteiger partial charge in [0.15, 0.2) is 0 Å². The molecule has 1 atom stereocenters. The number of hydrogen-bond donors (Lipinski definition) is 2. The van der Waals surface area contributed by atoms with Crippen molar-refractivity contribution in [3.05, 3.63) is 0 Å². The van der Waals surface area contributed by atoms with E-state index < -0.39 is 24.6 Å². The second kappa shape index (κ2) is 4.30. The van der Waals surface area contributed by atoms with Crippen molar-refractivity contribution in [1.29, 1.82) is 0 Å². The predicted octanol–water partition coefficient (Wildman–Crippen LogP) is 0.565.